The van der Waals surface area contributed by atoms with Gasteiger partial charge in [-0.2, -0.15) is 12.6 Å². The third kappa shape index (κ3) is 4.08. The van der Waals surface area contributed by atoms with Crippen molar-refractivity contribution in [2.75, 3.05) is 0 Å². The molecule has 0 radical (unpaired) electrons. The summed E-state index contributed by atoms with van der Waals surface area (Å²) in [7, 11) is 0.569. The summed E-state index contributed by atoms with van der Waals surface area (Å²) in [6.45, 7) is 13.7. The van der Waals surface area contributed by atoms with E-state index >= 15 is 0 Å². The molecular weight excluding hydrogens is 224 g/mol. The lowest BCUT2D eigenvalue weighted by Gasteiger charge is -2.37. The minimum Gasteiger partial charge on any atom is -0.422 e. The molecule has 0 aromatic rings. The van der Waals surface area contributed by atoms with Crippen LogP contribution < -0.4 is 0 Å². The normalized spacial score (nSPS) is 17.1. The van der Waals surface area contributed by atoms with Crippen LogP contribution in [-0.4, -0.2) is 30.5 Å². The predicted molar refractivity (Wildman–Crippen MR) is 75.3 cm³/mol. The van der Waals surface area contributed by atoms with Gasteiger partial charge in [-0.25, -0.2) is 0 Å². The van der Waals surface area contributed by atoms with Crippen molar-refractivity contribution in [3.8, 4) is 0 Å². The largest absolute Gasteiger partial charge is 0.422 e. The van der Waals surface area contributed by atoms with Crippen LogP contribution in [0.3, 0.4) is 0 Å². The van der Waals surface area contributed by atoms with E-state index in [1.807, 2.05) is 0 Å². The number of rotatable bonds is 5. The van der Waals surface area contributed by atoms with E-state index in [1.54, 1.807) is 0 Å². The Morgan fingerprint density at radius 3 is 1.93 bits per heavy atom. The first-order chi connectivity index (χ1) is 6.13. The Labute approximate surface area is 100 Å². The zero-order chi connectivity index (χ0) is 11.6. The molecule has 4 heteroatoms. The Morgan fingerprint density at radius 1 is 1.21 bits per heavy atom. The van der Waals surface area contributed by atoms with Gasteiger partial charge in [0, 0.05) is 14.4 Å². The van der Waals surface area contributed by atoms with E-state index in [0.717, 1.165) is 16.4 Å². The third-order valence-electron chi connectivity index (χ3n) is 3.61. The highest BCUT2D eigenvalue weighted by molar-refractivity contribution is 7.82. The van der Waals surface area contributed by atoms with Crippen molar-refractivity contribution in [2.24, 2.45) is 5.92 Å². The van der Waals surface area contributed by atoms with Crippen molar-refractivity contribution in [3.63, 3.8) is 0 Å². The monoisotopic (exact) mass is 250 g/mol. The maximum atomic E-state index is 5.62. The van der Waals surface area contributed by atoms with Crippen LogP contribution in [0.5, 0.6) is 0 Å². The van der Waals surface area contributed by atoms with Crippen LogP contribution in [0.25, 0.3) is 0 Å². The smallest absolute Gasteiger partial charge is 0.146 e. The molecule has 0 unspecified atom stereocenters. The van der Waals surface area contributed by atoms with Gasteiger partial charge in [-0.1, -0.05) is 27.7 Å². The quantitative estimate of drug-likeness (QED) is 0.572. The van der Waals surface area contributed by atoms with E-state index in [4.69, 9.17) is 17.1 Å². The summed E-state index contributed by atoms with van der Waals surface area (Å²) in [5, 5.41) is 0.476. The molecule has 0 N–H and O–H groups in total. The van der Waals surface area contributed by atoms with Gasteiger partial charge < -0.3 is 4.43 Å². The summed E-state index contributed by atoms with van der Waals surface area (Å²) < 4.78 is 5.62. The van der Waals surface area contributed by atoms with Crippen LogP contribution in [0.4, 0.5) is 0 Å². The van der Waals surface area contributed by atoms with Crippen molar-refractivity contribution in [3.05, 3.63) is 0 Å². The lowest BCUT2D eigenvalue weighted by Crippen LogP contribution is -2.43. The maximum Gasteiger partial charge on any atom is 0.146 e. The van der Waals surface area contributed by atoms with Gasteiger partial charge in [-0.15, -0.1) is 0 Å². The molecule has 0 saturated carbocycles. The molecule has 0 amide bonds. The van der Waals surface area contributed by atoms with Gasteiger partial charge in [0.15, 0.2) is 0 Å². The molecule has 14 heavy (non-hydrogen) atoms. The summed E-state index contributed by atoms with van der Waals surface area (Å²) in [5.41, 5.74) is -0.0201. The molecule has 0 aromatic heterocycles. The Hall–Kier alpha value is 0.744. The Balaban J connectivity index is 4.39. The summed E-state index contributed by atoms with van der Waals surface area (Å²) >= 11 is 4.74. The standard InChI is InChI=1S/C10H26OSSi2/c1-7(2)10(5,6)14-8(12)9(3,4)11-13/h7-8,12H,14H2,1-6,13H3/t8-/m1/s1. The van der Waals surface area contributed by atoms with Crippen LogP contribution in [0, 0.1) is 5.92 Å². The molecule has 1 nitrogen and oxygen atoms in total. The molecule has 0 heterocycles. The second-order valence-electron chi connectivity index (χ2n) is 5.67. The minimum absolute atomic E-state index is 0.0201. The fourth-order valence-electron chi connectivity index (χ4n) is 1.12. The highest BCUT2D eigenvalue weighted by Gasteiger charge is 2.33. The van der Waals surface area contributed by atoms with Gasteiger partial charge in [0.25, 0.3) is 0 Å². The van der Waals surface area contributed by atoms with Crippen LogP contribution in [0.15, 0.2) is 0 Å². The van der Waals surface area contributed by atoms with Crippen molar-refractivity contribution < 1.29 is 4.43 Å². The van der Waals surface area contributed by atoms with Gasteiger partial charge >= 0.3 is 0 Å². The Kier molecular flexibility index (Phi) is 5.46. The first kappa shape index (κ1) is 14.7. The SMILES string of the molecule is CC(C)C(C)(C)[SiH2][C@@H](S)C(C)(C)O[SiH3]. The average molecular weight is 251 g/mol. The molecule has 0 saturated heterocycles. The van der Waals surface area contributed by atoms with Crippen molar-refractivity contribution >= 4 is 32.6 Å². The minimum atomic E-state index is -0.238. The Morgan fingerprint density at radius 2 is 1.64 bits per heavy atom. The molecule has 0 bridgehead atoms. The number of hydrogen-bond acceptors (Lipinski definition) is 2. The summed E-state index contributed by atoms with van der Waals surface area (Å²) in [6, 6.07) is 0. The topological polar surface area (TPSA) is 9.23 Å². The molecule has 0 spiro atoms. The van der Waals surface area contributed by atoms with Gasteiger partial charge in [0.05, 0.1) is 5.60 Å². The molecule has 1 atom stereocenters. The maximum absolute atomic E-state index is 5.62. The van der Waals surface area contributed by atoms with Crippen LogP contribution in [0.2, 0.25) is 5.04 Å². The van der Waals surface area contributed by atoms with Gasteiger partial charge in [-0.3, -0.25) is 0 Å². The van der Waals surface area contributed by atoms with E-state index in [1.165, 1.54) is 0 Å². The molecule has 0 aliphatic rings. The molecule has 0 rings (SSSR count). The van der Waals surface area contributed by atoms with Crippen molar-refractivity contribution in [1.82, 2.24) is 0 Å². The van der Waals surface area contributed by atoms with Gasteiger partial charge in [0.2, 0.25) is 0 Å². The molecule has 0 fully saturated rings. The van der Waals surface area contributed by atoms with E-state index in [9.17, 15) is 0 Å². The van der Waals surface area contributed by atoms with E-state index in [0.29, 0.717) is 9.91 Å². The van der Waals surface area contributed by atoms with Crippen LogP contribution in [-0.2, 0) is 4.43 Å². The molecule has 86 valence electrons. The average Bonchev–Trinajstić information content (AvgIpc) is 2.03. The summed E-state index contributed by atoms with van der Waals surface area (Å²) in [6.07, 6.45) is 0. The van der Waals surface area contributed by atoms with Crippen molar-refractivity contribution in [1.29, 1.82) is 0 Å². The van der Waals surface area contributed by atoms with Crippen LogP contribution >= 0.6 is 12.6 Å². The third-order valence-corrected chi connectivity index (χ3v) is 9.07. The number of thiol groups is 1. The zero-order valence-electron chi connectivity index (χ0n) is 10.7. The first-order valence-corrected chi connectivity index (χ1v) is 8.22. The Bertz CT molecular complexity index is 181. The highest BCUT2D eigenvalue weighted by atomic mass is 32.1. The highest BCUT2D eigenvalue weighted by Crippen LogP contribution is 2.36. The van der Waals surface area contributed by atoms with E-state index in [2.05, 4.69) is 41.5 Å². The lowest BCUT2D eigenvalue weighted by atomic mass is 9.99. The van der Waals surface area contributed by atoms with Gasteiger partial charge in [-0.05, 0) is 24.8 Å². The molecule has 0 aliphatic carbocycles. The van der Waals surface area contributed by atoms with E-state index < -0.39 is 0 Å². The molecule has 0 aliphatic heterocycles. The zero-order valence-corrected chi connectivity index (χ0v) is 15.0. The second kappa shape index (κ2) is 5.19. The fraction of sp³-hybridized carbons (Fsp3) is 1.00. The summed E-state index contributed by atoms with van der Waals surface area (Å²) in [5.74, 6) is 0.744. The first-order valence-electron chi connectivity index (χ1n) is 5.36. The molecule has 0 aromatic carbocycles. The van der Waals surface area contributed by atoms with E-state index in [-0.39, 0.29) is 15.1 Å². The number of hydrogen-bond donors (Lipinski definition) is 1. The van der Waals surface area contributed by atoms with Crippen molar-refractivity contribution in [2.45, 2.75) is 57.1 Å². The lowest BCUT2D eigenvalue weighted by molar-refractivity contribution is 0.140. The fourth-order valence-corrected chi connectivity index (χ4v) is 5.58. The van der Waals surface area contributed by atoms with Crippen LogP contribution in [0.1, 0.15) is 41.5 Å². The summed E-state index contributed by atoms with van der Waals surface area (Å²) in [4.78, 5) is 0.456. The second-order valence-corrected chi connectivity index (χ2v) is 10.4. The van der Waals surface area contributed by atoms with Gasteiger partial charge in [0.1, 0.15) is 10.5 Å². The predicted octanol–water partition coefficient (Wildman–Crippen LogP) is 1.34. The molecular formula is C10H26OSSi2.